The summed E-state index contributed by atoms with van der Waals surface area (Å²) in [5.74, 6) is -1.06. The molecule has 0 unspecified atom stereocenters. The maximum Gasteiger partial charge on any atom is 0.130 e. The molecule has 88 valence electrons. The van der Waals surface area contributed by atoms with Crippen LogP contribution in [0.3, 0.4) is 0 Å². The second-order valence-corrected chi connectivity index (χ2v) is 3.67. The number of hydrogen-bond acceptors (Lipinski definition) is 3. The van der Waals surface area contributed by atoms with Crippen molar-refractivity contribution >= 4 is 0 Å². The van der Waals surface area contributed by atoms with Gasteiger partial charge in [0.2, 0.25) is 0 Å². The highest BCUT2D eigenvalue weighted by atomic mass is 19.1. The Bertz CT molecular complexity index is 354. The van der Waals surface area contributed by atoms with Crippen LogP contribution >= 0.6 is 0 Å². The summed E-state index contributed by atoms with van der Waals surface area (Å²) in [4.78, 5) is 0. The second kappa shape index (κ2) is 5.34. The number of ether oxygens (including phenoxy) is 1. The van der Waals surface area contributed by atoms with E-state index in [9.17, 15) is 8.78 Å². The number of hydrogen-bond donors (Lipinski definition) is 1. The first-order valence-electron chi connectivity index (χ1n) is 5.26. The van der Waals surface area contributed by atoms with Gasteiger partial charge >= 0.3 is 0 Å². The van der Waals surface area contributed by atoms with E-state index in [0.29, 0.717) is 25.3 Å². The molecule has 0 aliphatic carbocycles. The SMILES string of the molecule is Fc1ccc(CNN2CCOCC2)c(F)c1. The number of nitrogens with zero attached hydrogens (tertiary/aromatic N) is 1. The minimum absolute atomic E-state index is 0.367. The van der Waals surface area contributed by atoms with Crippen LogP contribution in [0.4, 0.5) is 8.78 Å². The molecule has 1 aliphatic heterocycles. The zero-order chi connectivity index (χ0) is 11.4. The standard InChI is InChI=1S/C11H14F2N2O/c12-10-2-1-9(11(13)7-10)8-14-15-3-5-16-6-4-15/h1-2,7,14H,3-6,8H2. The van der Waals surface area contributed by atoms with Crippen molar-refractivity contribution in [1.29, 1.82) is 0 Å². The van der Waals surface area contributed by atoms with Crippen molar-refractivity contribution in [3.63, 3.8) is 0 Å². The molecule has 3 nitrogen and oxygen atoms in total. The van der Waals surface area contributed by atoms with Gasteiger partial charge in [0.1, 0.15) is 11.6 Å². The van der Waals surface area contributed by atoms with E-state index in [2.05, 4.69) is 5.43 Å². The van der Waals surface area contributed by atoms with Gasteiger partial charge < -0.3 is 4.74 Å². The van der Waals surface area contributed by atoms with Crippen molar-refractivity contribution in [2.24, 2.45) is 0 Å². The quantitative estimate of drug-likeness (QED) is 0.844. The number of halogens is 2. The van der Waals surface area contributed by atoms with Crippen molar-refractivity contribution in [2.75, 3.05) is 26.3 Å². The van der Waals surface area contributed by atoms with E-state index in [1.807, 2.05) is 5.01 Å². The number of rotatable bonds is 3. The maximum absolute atomic E-state index is 13.3. The number of hydrazine groups is 1. The normalized spacial score (nSPS) is 17.6. The van der Waals surface area contributed by atoms with E-state index in [1.54, 1.807) is 0 Å². The summed E-state index contributed by atoms with van der Waals surface area (Å²) in [5.41, 5.74) is 3.55. The molecule has 0 radical (unpaired) electrons. The monoisotopic (exact) mass is 228 g/mol. The van der Waals surface area contributed by atoms with Crippen LogP contribution in [0.2, 0.25) is 0 Å². The summed E-state index contributed by atoms with van der Waals surface area (Å²) in [6.07, 6.45) is 0. The molecule has 0 aromatic heterocycles. The Morgan fingerprint density at radius 2 is 2.00 bits per heavy atom. The van der Waals surface area contributed by atoms with Crippen molar-refractivity contribution in [3.8, 4) is 0 Å². The average molecular weight is 228 g/mol. The Balaban J connectivity index is 1.88. The number of nitrogens with one attached hydrogen (secondary N) is 1. The third kappa shape index (κ3) is 2.98. The van der Waals surface area contributed by atoms with E-state index >= 15 is 0 Å². The molecular weight excluding hydrogens is 214 g/mol. The van der Waals surface area contributed by atoms with E-state index in [4.69, 9.17) is 4.74 Å². The van der Waals surface area contributed by atoms with Crippen LogP contribution in [0.25, 0.3) is 0 Å². The van der Waals surface area contributed by atoms with Crippen LogP contribution in [-0.4, -0.2) is 31.3 Å². The Morgan fingerprint density at radius 1 is 1.25 bits per heavy atom. The van der Waals surface area contributed by atoms with Gasteiger partial charge in [0.05, 0.1) is 13.2 Å². The molecule has 0 amide bonds. The van der Waals surface area contributed by atoms with E-state index in [0.717, 1.165) is 19.2 Å². The Morgan fingerprint density at radius 3 is 2.69 bits per heavy atom. The van der Waals surface area contributed by atoms with Gasteiger partial charge in [-0.2, -0.15) is 0 Å². The predicted molar refractivity (Wildman–Crippen MR) is 55.6 cm³/mol. The molecule has 1 saturated heterocycles. The third-order valence-electron chi connectivity index (χ3n) is 2.52. The molecule has 1 heterocycles. The summed E-state index contributed by atoms with van der Waals surface area (Å²) >= 11 is 0. The van der Waals surface area contributed by atoms with Crippen LogP contribution in [-0.2, 0) is 11.3 Å². The van der Waals surface area contributed by atoms with E-state index < -0.39 is 11.6 Å². The first kappa shape index (κ1) is 11.4. The van der Waals surface area contributed by atoms with Gasteiger partial charge in [0.25, 0.3) is 0 Å². The van der Waals surface area contributed by atoms with Gasteiger partial charge in [-0.05, 0) is 6.07 Å². The summed E-state index contributed by atoms with van der Waals surface area (Å²) in [6, 6.07) is 3.62. The van der Waals surface area contributed by atoms with Gasteiger partial charge in [-0.3, -0.25) is 5.43 Å². The fourth-order valence-electron chi connectivity index (χ4n) is 1.58. The summed E-state index contributed by atoms with van der Waals surface area (Å²) < 4.78 is 31.1. The molecular formula is C11H14F2N2O. The van der Waals surface area contributed by atoms with Crippen LogP contribution in [0.5, 0.6) is 0 Å². The topological polar surface area (TPSA) is 24.5 Å². The Kier molecular flexibility index (Phi) is 3.82. The first-order chi connectivity index (χ1) is 7.75. The molecule has 1 aliphatic rings. The summed E-state index contributed by atoms with van der Waals surface area (Å²) in [7, 11) is 0. The molecule has 1 aromatic rings. The van der Waals surface area contributed by atoms with Crippen LogP contribution in [0, 0.1) is 11.6 Å². The zero-order valence-electron chi connectivity index (χ0n) is 8.88. The van der Waals surface area contributed by atoms with E-state index in [1.165, 1.54) is 12.1 Å². The van der Waals surface area contributed by atoms with Crippen molar-refractivity contribution in [3.05, 3.63) is 35.4 Å². The van der Waals surface area contributed by atoms with Crippen molar-refractivity contribution < 1.29 is 13.5 Å². The summed E-state index contributed by atoms with van der Waals surface area (Å²) in [5, 5.41) is 1.98. The lowest BCUT2D eigenvalue weighted by Gasteiger charge is -2.27. The minimum Gasteiger partial charge on any atom is -0.379 e. The largest absolute Gasteiger partial charge is 0.379 e. The van der Waals surface area contributed by atoms with Gasteiger partial charge in [0, 0.05) is 31.3 Å². The van der Waals surface area contributed by atoms with Crippen LogP contribution < -0.4 is 5.43 Å². The molecule has 0 saturated carbocycles. The lowest BCUT2D eigenvalue weighted by atomic mass is 10.2. The first-order valence-corrected chi connectivity index (χ1v) is 5.26. The Hall–Kier alpha value is -1.04. The number of benzene rings is 1. The van der Waals surface area contributed by atoms with Gasteiger partial charge in [0.15, 0.2) is 0 Å². The molecule has 0 spiro atoms. The molecule has 0 bridgehead atoms. The Labute approximate surface area is 93.0 Å². The van der Waals surface area contributed by atoms with Gasteiger partial charge in [-0.1, -0.05) is 6.07 Å². The molecule has 0 atom stereocenters. The highest BCUT2D eigenvalue weighted by Crippen LogP contribution is 2.09. The van der Waals surface area contributed by atoms with Crippen molar-refractivity contribution in [1.82, 2.24) is 10.4 Å². The fourth-order valence-corrected chi connectivity index (χ4v) is 1.58. The maximum atomic E-state index is 13.3. The van der Waals surface area contributed by atoms with Gasteiger partial charge in [-0.25, -0.2) is 13.8 Å². The molecule has 1 aromatic carbocycles. The molecule has 16 heavy (non-hydrogen) atoms. The minimum atomic E-state index is -0.548. The summed E-state index contributed by atoms with van der Waals surface area (Å²) in [6.45, 7) is 3.29. The molecule has 1 N–H and O–H groups in total. The number of morpholine rings is 1. The molecule has 2 rings (SSSR count). The second-order valence-electron chi connectivity index (χ2n) is 3.67. The van der Waals surface area contributed by atoms with E-state index in [-0.39, 0.29) is 0 Å². The van der Waals surface area contributed by atoms with Gasteiger partial charge in [-0.15, -0.1) is 0 Å². The molecule has 1 fully saturated rings. The van der Waals surface area contributed by atoms with Crippen LogP contribution in [0.1, 0.15) is 5.56 Å². The smallest absolute Gasteiger partial charge is 0.130 e. The zero-order valence-corrected chi connectivity index (χ0v) is 8.88. The fraction of sp³-hybridized carbons (Fsp3) is 0.455. The van der Waals surface area contributed by atoms with Crippen molar-refractivity contribution in [2.45, 2.75) is 6.54 Å². The third-order valence-corrected chi connectivity index (χ3v) is 2.52. The average Bonchev–Trinajstić information content (AvgIpc) is 2.29. The lowest BCUT2D eigenvalue weighted by molar-refractivity contribution is 0.0104. The lowest BCUT2D eigenvalue weighted by Crippen LogP contribution is -2.45. The highest BCUT2D eigenvalue weighted by Gasteiger charge is 2.10. The predicted octanol–water partition coefficient (Wildman–Crippen LogP) is 1.30. The van der Waals surface area contributed by atoms with Crippen LogP contribution in [0.15, 0.2) is 18.2 Å². The highest BCUT2D eigenvalue weighted by molar-refractivity contribution is 5.18. The molecule has 5 heteroatoms.